The molecule has 0 spiro atoms. The van der Waals surface area contributed by atoms with E-state index < -0.39 is 6.61 Å². The average Bonchev–Trinajstić information content (AvgIpc) is 2.46. The van der Waals surface area contributed by atoms with E-state index in [-0.39, 0.29) is 5.75 Å². The summed E-state index contributed by atoms with van der Waals surface area (Å²) in [5, 5.41) is 0. The maximum absolute atomic E-state index is 12.4. The summed E-state index contributed by atoms with van der Waals surface area (Å²) in [6, 6.07) is 6.96. The van der Waals surface area contributed by atoms with Crippen LogP contribution in [0.2, 0.25) is 0 Å². The summed E-state index contributed by atoms with van der Waals surface area (Å²) in [6.07, 6.45) is 0.991. The van der Waals surface area contributed by atoms with Crippen molar-refractivity contribution in [3.8, 4) is 5.75 Å². The standard InChI is InChI=1S/C14H21F2N3O/c15-14(16)20-13-5-2-1-4-12(13)19-10-8-18(9-11-19)7-3-6-17/h1-2,4-5,14H,3,6-11,17H2. The van der Waals surface area contributed by atoms with Gasteiger partial charge in [0.25, 0.3) is 0 Å². The predicted molar refractivity (Wildman–Crippen MR) is 75.4 cm³/mol. The van der Waals surface area contributed by atoms with Gasteiger partial charge in [0.05, 0.1) is 5.69 Å². The van der Waals surface area contributed by atoms with E-state index in [0.29, 0.717) is 6.54 Å². The summed E-state index contributed by atoms with van der Waals surface area (Å²) >= 11 is 0. The third-order valence-corrected chi connectivity index (χ3v) is 3.47. The Morgan fingerprint density at radius 1 is 1.15 bits per heavy atom. The molecule has 2 N–H and O–H groups in total. The average molecular weight is 285 g/mol. The SMILES string of the molecule is NCCCN1CCN(c2ccccc2OC(F)F)CC1. The molecule has 0 unspecified atom stereocenters. The normalized spacial score (nSPS) is 16.7. The maximum Gasteiger partial charge on any atom is 0.387 e. The zero-order chi connectivity index (χ0) is 14.4. The fraction of sp³-hybridized carbons (Fsp3) is 0.571. The van der Waals surface area contributed by atoms with Gasteiger partial charge in [0, 0.05) is 26.2 Å². The lowest BCUT2D eigenvalue weighted by Crippen LogP contribution is -2.47. The Morgan fingerprint density at radius 3 is 2.50 bits per heavy atom. The van der Waals surface area contributed by atoms with Crippen LogP contribution in [0.15, 0.2) is 24.3 Å². The number of nitrogens with zero attached hydrogens (tertiary/aromatic N) is 2. The first-order valence-electron chi connectivity index (χ1n) is 6.92. The highest BCUT2D eigenvalue weighted by Gasteiger charge is 2.20. The van der Waals surface area contributed by atoms with E-state index in [9.17, 15) is 8.78 Å². The zero-order valence-corrected chi connectivity index (χ0v) is 11.5. The molecule has 1 aliphatic heterocycles. The number of halogens is 2. The third kappa shape index (κ3) is 4.05. The highest BCUT2D eigenvalue weighted by Crippen LogP contribution is 2.30. The molecule has 20 heavy (non-hydrogen) atoms. The first-order valence-corrected chi connectivity index (χ1v) is 6.92. The van der Waals surface area contributed by atoms with Gasteiger partial charge in [-0.2, -0.15) is 8.78 Å². The van der Waals surface area contributed by atoms with Crippen molar-refractivity contribution < 1.29 is 13.5 Å². The number of hydrogen-bond donors (Lipinski definition) is 1. The van der Waals surface area contributed by atoms with E-state index in [0.717, 1.165) is 44.8 Å². The van der Waals surface area contributed by atoms with Gasteiger partial charge in [0.15, 0.2) is 0 Å². The van der Waals surface area contributed by atoms with Crippen LogP contribution < -0.4 is 15.4 Å². The molecule has 0 aromatic heterocycles. The smallest absolute Gasteiger partial charge is 0.387 e. The van der Waals surface area contributed by atoms with Gasteiger partial charge in [-0.3, -0.25) is 4.90 Å². The van der Waals surface area contributed by atoms with E-state index >= 15 is 0 Å². The van der Waals surface area contributed by atoms with Gasteiger partial charge in [-0.1, -0.05) is 12.1 Å². The molecule has 6 heteroatoms. The van der Waals surface area contributed by atoms with Gasteiger partial charge in [-0.15, -0.1) is 0 Å². The van der Waals surface area contributed by atoms with Crippen molar-refractivity contribution in [2.45, 2.75) is 13.0 Å². The summed E-state index contributed by atoms with van der Waals surface area (Å²) in [7, 11) is 0. The van der Waals surface area contributed by atoms with Crippen molar-refractivity contribution in [1.82, 2.24) is 4.90 Å². The molecule has 1 saturated heterocycles. The molecule has 0 atom stereocenters. The number of rotatable bonds is 6. The predicted octanol–water partition coefficient (Wildman–Crippen LogP) is 1.76. The number of hydrogen-bond acceptors (Lipinski definition) is 4. The highest BCUT2D eigenvalue weighted by molar-refractivity contribution is 5.58. The first-order chi connectivity index (χ1) is 9.70. The zero-order valence-electron chi connectivity index (χ0n) is 11.5. The molecular weight excluding hydrogens is 264 g/mol. The molecular formula is C14H21F2N3O. The molecule has 1 heterocycles. The van der Waals surface area contributed by atoms with E-state index in [1.54, 1.807) is 12.1 Å². The van der Waals surface area contributed by atoms with Crippen molar-refractivity contribution >= 4 is 5.69 Å². The van der Waals surface area contributed by atoms with Crippen molar-refractivity contribution in [2.75, 3.05) is 44.2 Å². The van der Waals surface area contributed by atoms with Crippen LogP contribution in [0.5, 0.6) is 5.75 Å². The maximum atomic E-state index is 12.4. The van der Waals surface area contributed by atoms with Gasteiger partial charge in [-0.25, -0.2) is 0 Å². The second-order valence-corrected chi connectivity index (χ2v) is 4.82. The van der Waals surface area contributed by atoms with E-state index in [4.69, 9.17) is 5.73 Å². The Bertz CT molecular complexity index is 409. The van der Waals surface area contributed by atoms with Crippen LogP contribution in [-0.4, -0.2) is 50.8 Å². The molecule has 0 bridgehead atoms. The van der Waals surface area contributed by atoms with E-state index in [1.165, 1.54) is 0 Å². The van der Waals surface area contributed by atoms with Crippen LogP contribution in [0, 0.1) is 0 Å². The Morgan fingerprint density at radius 2 is 1.85 bits per heavy atom. The van der Waals surface area contributed by atoms with Crippen molar-refractivity contribution in [3.05, 3.63) is 24.3 Å². The molecule has 1 aromatic carbocycles. The number of nitrogens with two attached hydrogens (primary N) is 1. The Kier molecular flexibility index (Phi) is 5.55. The number of benzene rings is 1. The van der Waals surface area contributed by atoms with Gasteiger partial charge >= 0.3 is 6.61 Å². The molecule has 4 nitrogen and oxygen atoms in total. The molecule has 0 aliphatic carbocycles. The number of piperazine rings is 1. The first kappa shape index (κ1) is 15.0. The van der Waals surface area contributed by atoms with Gasteiger partial charge < -0.3 is 15.4 Å². The fourth-order valence-electron chi connectivity index (χ4n) is 2.44. The number of para-hydroxylation sites is 2. The second-order valence-electron chi connectivity index (χ2n) is 4.82. The summed E-state index contributed by atoms with van der Waals surface area (Å²) < 4.78 is 29.4. The minimum Gasteiger partial charge on any atom is -0.433 e. The van der Waals surface area contributed by atoms with Gasteiger partial charge in [0.2, 0.25) is 0 Å². The molecule has 0 radical (unpaired) electrons. The molecule has 0 saturated carbocycles. The van der Waals surface area contributed by atoms with Crippen LogP contribution in [0.25, 0.3) is 0 Å². The molecule has 1 aliphatic rings. The Labute approximate surface area is 118 Å². The molecule has 0 amide bonds. The van der Waals surface area contributed by atoms with E-state index in [1.807, 2.05) is 12.1 Å². The number of anilines is 1. The van der Waals surface area contributed by atoms with Crippen LogP contribution in [0.1, 0.15) is 6.42 Å². The molecule has 112 valence electrons. The summed E-state index contributed by atoms with van der Waals surface area (Å²) in [5.41, 5.74) is 6.25. The Hall–Kier alpha value is -1.40. The van der Waals surface area contributed by atoms with Crippen molar-refractivity contribution in [2.24, 2.45) is 5.73 Å². The summed E-state index contributed by atoms with van der Waals surface area (Å²) in [5.74, 6) is 0.248. The molecule has 1 fully saturated rings. The highest BCUT2D eigenvalue weighted by atomic mass is 19.3. The molecule has 2 rings (SSSR count). The van der Waals surface area contributed by atoms with Gasteiger partial charge in [-0.05, 0) is 31.6 Å². The molecule has 1 aromatic rings. The van der Waals surface area contributed by atoms with Crippen LogP contribution >= 0.6 is 0 Å². The lowest BCUT2D eigenvalue weighted by molar-refractivity contribution is -0.0495. The van der Waals surface area contributed by atoms with Crippen LogP contribution in [-0.2, 0) is 0 Å². The monoisotopic (exact) mass is 285 g/mol. The fourth-order valence-corrected chi connectivity index (χ4v) is 2.44. The lowest BCUT2D eigenvalue weighted by Gasteiger charge is -2.36. The minimum atomic E-state index is -2.79. The van der Waals surface area contributed by atoms with Crippen LogP contribution in [0.3, 0.4) is 0 Å². The second kappa shape index (κ2) is 7.40. The van der Waals surface area contributed by atoms with Crippen LogP contribution in [0.4, 0.5) is 14.5 Å². The van der Waals surface area contributed by atoms with Crippen molar-refractivity contribution in [1.29, 1.82) is 0 Å². The lowest BCUT2D eigenvalue weighted by atomic mass is 10.2. The Balaban J connectivity index is 1.96. The summed E-state index contributed by atoms with van der Waals surface area (Å²) in [6.45, 7) is 2.38. The summed E-state index contributed by atoms with van der Waals surface area (Å²) in [4.78, 5) is 4.44. The third-order valence-electron chi connectivity index (χ3n) is 3.47. The van der Waals surface area contributed by atoms with Gasteiger partial charge in [0.1, 0.15) is 5.75 Å². The van der Waals surface area contributed by atoms with E-state index in [2.05, 4.69) is 14.5 Å². The quantitative estimate of drug-likeness (QED) is 0.865. The number of alkyl halides is 2. The van der Waals surface area contributed by atoms with Crippen molar-refractivity contribution in [3.63, 3.8) is 0 Å². The number of ether oxygens (including phenoxy) is 1. The minimum absolute atomic E-state index is 0.248. The topological polar surface area (TPSA) is 41.7 Å². The largest absolute Gasteiger partial charge is 0.433 e.